The Hall–Kier alpha value is -2.76. The van der Waals surface area contributed by atoms with E-state index in [9.17, 15) is 9.59 Å². The molecule has 0 radical (unpaired) electrons. The fraction of sp³-hybridized carbons (Fsp3) is 0.294. The van der Waals surface area contributed by atoms with Gasteiger partial charge in [-0.25, -0.2) is 4.79 Å². The van der Waals surface area contributed by atoms with Gasteiger partial charge < -0.3 is 19.4 Å². The second kappa shape index (κ2) is 7.49. The minimum Gasteiger partial charge on any atom is -0.460 e. The van der Waals surface area contributed by atoms with Gasteiger partial charge in [0.1, 0.15) is 5.76 Å². The lowest BCUT2D eigenvalue weighted by Crippen LogP contribution is -2.22. The van der Waals surface area contributed by atoms with Crippen molar-refractivity contribution in [3.63, 3.8) is 0 Å². The lowest BCUT2D eigenvalue weighted by Gasteiger charge is -2.12. The van der Waals surface area contributed by atoms with Gasteiger partial charge in [0.25, 0.3) is 5.91 Å². The molecule has 0 spiro atoms. The first-order valence-corrected chi connectivity index (χ1v) is 7.32. The van der Waals surface area contributed by atoms with E-state index in [4.69, 9.17) is 9.15 Å². The maximum Gasteiger partial charge on any atom is 0.374 e. The monoisotopic (exact) mass is 316 g/mol. The Morgan fingerprint density at radius 2 is 1.83 bits per heavy atom. The fourth-order valence-corrected chi connectivity index (χ4v) is 1.97. The number of esters is 1. The molecule has 1 amide bonds. The van der Waals surface area contributed by atoms with Crippen LogP contribution in [-0.4, -0.2) is 32.6 Å². The number of hydrogen-bond acceptors (Lipinski definition) is 5. The normalized spacial score (nSPS) is 10.2. The maximum atomic E-state index is 12.1. The maximum absolute atomic E-state index is 12.1. The molecule has 2 rings (SSSR count). The molecule has 1 heterocycles. The highest BCUT2D eigenvalue weighted by Crippen LogP contribution is 2.13. The Morgan fingerprint density at radius 3 is 2.43 bits per heavy atom. The van der Waals surface area contributed by atoms with Gasteiger partial charge in [-0.3, -0.25) is 4.79 Å². The summed E-state index contributed by atoms with van der Waals surface area (Å²) in [5.74, 6) is -0.0912. The Labute approximate surface area is 135 Å². The van der Waals surface area contributed by atoms with Gasteiger partial charge >= 0.3 is 5.97 Å². The lowest BCUT2D eigenvalue weighted by molar-refractivity contribution is 0.0488. The molecule has 122 valence electrons. The summed E-state index contributed by atoms with van der Waals surface area (Å²) in [6.07, 6.45) is 0. The molecule has 2 aromatic rings. The largest absolute Gasteiger partial charge is 0.460 e. The molecule has 6 nitrogen and oxygen atoms in total. The standard InChI is InChI=1S/C17H20N2O4/c1-4-22-17(21)15-10-9-14(23-15)11-18-16(20)12-5-7-13(8-6-12)19(2)3/h5-10H,4,11H2,1-3H3,(H,18,20). The highest BCUT2D eigenvalue weighted by Gasteiger charge is 2.13. The van der Waals surface area contributed by atoms with E-state index in [1.165, 1.54) is 6.07 Å². The molecular formula is C17H20N2O4. The summed E-state index contributed by atoms with van der Waals surface area (Å²) < 4.78 is 10.2. The molecular weight excluding hydrogens is 296 g/mol. The molecule has 0 aliphatic heterocycles. The summed E-state index contributed by atoms with van der Waals surface area (Å²) in [7, 11) is 3.88. The third-order valence-corrected chi connectivity index (χ3v) is 3.21. The highest BCUT2D eigenvalue weighted by atomic mass is 16.5. The van der Waals surface area contributed by atoms with Crippen molar-refractivity contribution in [2.24, 2.45) is 0 Å². The van der Waals surface area contributed by atoms with E-state index >= 15 is 0 Å². The fourth-order valence-electron chi connectivity index (χ4n) is 1.97. The van der Waals surface area contributed by atoms with Crippen LogP contribution in [0.5, 0.6) is 0 Å². The number of benzene rings is 1. The minimum absolute atomic E-state index is 0.131. The van der Waals surface area contributed by atoms with Crippen molar-refractivity contribution in [1.82, 2.24) is 5.32 Å². The number of anilines is 1. The first kappa shape index (κ1) is 16.6. The zero-order valence-corrected chi connectivity index (χ0v) is 13.5. The molecule has 0 atom stereocenters. The Kier molecular flexibility index (Phi) is 5.41. The van der Waals surface area contributed by atoms with E-state index in [-0.39, 0.29) is 24.8 Å². The predicted octanol–water partition coefficient (Wildman–Crippen LogP) is 2.45. The van der Waals surface area contributed by atoms with Crippen molar-refractivity contribution in [1.29, 1.82) is 0 Å². The van der Waals surface area contributed by atoms with E-state index in [2.05, 4.69) is 5.32 Å². The van der Waals surface area contributed by atoms with Crippen LogP contribution >= 0.6 is 0 Å². The minimum atomic E-state index is -0.510. The molecule has 1 aromatic carbocycles. The molecule has 1 aromatic heterocycles. The summed E-state index contributed by atoms with van der Waals surface area (Å²) in [5, 5.41) is 2.75. The van der Waals surface area contributed by atoms with Gasteiger partial charge in [0.2, 0.25) is 5.76 Å². The number of amides is 1. The molecule has 0 bridgehead atoms. The van der Waals surface area contributed by atoms with Gasteiger partial charge in [-0.1, -0.05) is 0 Å². The number of carbonyl (C=O) groups is 2. The third kappa shape index (κ3) is 4.35. The summed E-state index contributed by atoms with van der Waals surface area (Å²) >= 11 is 0. The SMILES string of the molecule is CCOC(=O)c1ccc(CNC(=O)c2ccc(N(C)C)cc2)o1. The number of rotatable bonds is 6. The van der Waals surface area contributed by atoms with Crippen molar-refractivity contribution < 1.29 is 18.7 Å². The third-order valence-electron chi connectivity index (χ3n) is 3.21. The van der Waals surface area contributed by atoms with Crippen LogP contribution in [0.15, 0.2) is 40.8 Å². The van der Waals surface area contributed by atoms with Crippen LogP contribution in [0.4, 0.5) is 5.69 Å². The topological polar surface area (TPSA) is 71.8 Å². The number of ether oxygens (including phenoxy) is 1. The van der Waals surface area contributed by atoms with Crippen LogP contribution in [0.2, 0.25) is 0 Å². The van der Waals surface area contributed by atoms with Crippen LogP contribution < -0.4 is 10.2 Å². The van der Waals surface area contributed by atoms with E-state index in [0.29, 0.717) is 11.3 Å². The van der Waals surface area contributed by atoms with Crippen molar-refractivity contribution in [3.05, 3.63) is 53.5 Å². The summed E-state index contributed by atoms with van der Waals surface area (Å²) in [4.78, 5) is 25.5. The molecule has 0 saturated heterocycles. The second-order valence-electron chi connectivity index (χ2n) is 5.11. The van der Waals surface area contributed by atoms with Gasteiger partial charge in [0.15, 0.2) is 0 Å². The zero-order chi connectivity index (χ0) is 16.8. The van der Waals surface area contributed by atoms with Crippen LogP contribution in [-0.2, 0) is 11.3 Å². The first-order valence-electron chi connectivity index (χ1n) is 7.32. The number of furan rings is 1. The summed E-state index contributed by atoms with van der Waals surface area (Å²) in [5.41, 5.74) is 1.58. The van der Waals surface area contributed by atoms with Crippen LogP contribution in [0.1, 0.15) is 33.6 Å². The van der Waals surface area contributed by atoms with Crippen LogP contribution in [0.25, 0.3) is 0 Å². The average molecular weight is 316 g/mol. The molecule has 0 aliphatic rings. The quantitative estimate of drug-likeness (QED) is 0.829. The first-order chi connectivity index (χ1) is 11.0. The van der Waals surface area contributed by atoms with E-state index in [0.717, 1.165) is 5.69 Å². The number of hydrogen-bond donors (Lipinski definition) is 1. The van der Waals surface area contributed by atoms with Gasteiger partial charge in [-0.05, 0) is 43.3 Å². The molecule has 6 heteroatoms. The zero-order valence-electron chi connectivity index (χ0n) is 13.5. The Bertz CT molecular complexity index is 674. The Morgan fingerprint density at radius 1 is 1.13 bits per heavy atom. The molecule has 1 N–H and O–H groups in total. The second-order valence-corrected chi connectivity index (χ2v) is 5.11. The van der Waals surface area contributed by atoms with Crippen molar-refractivity contribution in [2.45, 2.75) is 13.5 Å². The molecule has 0 fully saturated rings. The van der Waals surface area contributed by atoms with Gasteiger partial charge in [-0.15, -0.1) is 0 Å². The van der Waals surface area contributed by atoms with Crippen molar-refractivity contribution >= 4 is 17.6 Å². The smallest absolute Gasteiger partial charge is 0.374 e. The van der Waals surface area contributed by atoms with Gasteiger partial charge in [0, 0.05) is 25.3 Å². The predicted molar refractivity (Wildman–Crippen MR) is 86.6 cm³/mol. The number of nitrogens with zero attached hydrogens (tertiary/aromatic N) is 1. The van der Waals surface area contributed by atoms with Crippen molar-refractivity contribution in [2.75, 3.05) is 25.6 Å². The van der Waals surface area contributed by atoms with Crippen molar-refractivity contribution in [3.8, 4) is 0 Å². The van der Waals surface area contributed by atoms with Crippen LogP contribution in [0, 0.1) is 0 Å². The summed E-state index contributed by atoms with van der Waals surface area (Å²) in [6, 6.07) is 10.4. The van der Waals surface area contributed by atoms with E-state index in [1.54, 1.807) is 25.1 Å². The van der Waals surface area contributed by atoms with Gasteiger partial charge in [0.05, 0.1) is 13.2 Å². The molecule has 0 saturated carbocycles. The molecule has 23 heavy (non-hydrogen) atoms. The summed E-state index contributed by atoms with van der Waals surface area (Å²) in [6.45, 7) is 2.21. The highest BCUT2D eigenvalue weighted by molar-refractivity contribution is 5.94. The van der Waals surface area contributed by atoms with E-state index < -0.39 is 5.97 Å². The number of nitrogens with one attached hydrogen (secondary N) is 1. The van der Waals surface area contributed by atoms with E-state index in [1.807, 2.05) is 31.1 Å². The number of carbonyl (C=O) groups excluding carboxylic acids is 2. The average Bonchev–Trinajstić information content (AvgIpc) is 3.02. The lowest BCUT2D eigenvalue weighted by atomic mass is 10.2. The molecule has 0 unspecified atom stereocenters. The Balaban J connectivity index is 1.92. The van der Waals surface area contributed by atoms with Crippen LogP contribution in [0.3, 0.4) is 0 Å². The molecule has 0 aliphatic carbocycles. The van der Waals surface area contributed by atoms with Gasteiger partial charge in [-0.2, -0.15) is 0 Å².